The van der Waals surface area contributed by atoms with Crippen molar-refractivity contribution in [1.29, 1.82) is 0 Å². The topological polar surface area (TPSA) is 55.4 Å². The predicted octanol–water partition coefficient (Wildman–Crippen LogP) is 2.70. The highest BCUT2D eigenvalue weighted by Gasteiger charge is 2.27. The summed E-state index contributed by atoms with van der Waals surface area (Å²) in [7, 11) is 1.44. The van der Waals surface area contributed by atoms with Crippen molar-refractivity contribution in [3.63, 3.8) is 0 Å². The van der Waals surface area contributed by atoms with E-state index >= 15 is 0 Å². The molecule has 4 nitrogen and oxygen atoms in total. The molecule has 0 spiro atoms. The molecule has 0 aromatic heterocycles. The van der Waals surface area contributed by atoms with Crippen LogP contribution in [0.2, 0.25) is 0 Å². The van der Waals surface area contributed by atoms with E-state index in [1.807, 2.05) is 31.2 Å². The normalized spacial score (nSPS) is 21.6. The molecule has 2 rings (SSSR count). The minimum atomic E-state index is -0.0996. The van der Waals surface area contributed by atoms with Gasteiger partial charge in [0.05, 0.1) is 13.0 Å². The first-order chi connectivity index (χ1) is 10.1. The summed E-state index contributed by atoms with van der Waals surface area (Å²) >= 11 is 0. The van der Waals surface area contributed by atoms with Gasteiger partial charge in [0.2, 0.25) is 0 Å². The number of rotatable bonds is 4. The Balaban J connectivity index is 1.79. The Kier molecular flexibility index (Phi) is 5.37. The summed E-state index contributed by atoms with van der Waals surface area (Å²) in [5, 5.41) is 3.01. The van der Waals surface area contributed by atoms with E-state index in [1.54, 1.807) is 0 Å². The molecule has 0 aliphatic heterocycles. The van der Waals surface area contributed by atoms with E-state index in [0.717, 1.165) is 36.8 Å². The van der Waals surface area contributed by atoms with Gasteiger partial charge in [-0.15, -0.1) is 0 Å². The Hall–Kier alpha value is -1.84. The quantitative estimate of drug-likeness (QED) is 0.867. The Labute approximate surface area is 125 Å². The molecule has 1 aliphatic carbocycles. The van der Waals surface area contributed by atoms with Crippen LogP contribution in [0.1, 0.15) is 41.6 Å². The first kappa shape index (κ1) is 15.5. The SMILES string of the molecule is COC(=O)C1CCC(CNC(=O)c2ccccc2C)CC1. The smallest absolute Gasteiger partial charge is 0.308 e. The summed E-state index contributed by atoms with van der Waals surface area (Å²) in [5.74, 6) is 0.387. The van der Waals surface area contributed by atoms with E-state index in [-0.39, 0.29) is 17.8 Å². The Bertz CT molecular complexity index is 505. The Morgan fingerprint density at radius 2 is 1.86 bits per heavy atom. The van der Waals surface area contributed by atoms with E-state index in [1.165, 1.54) is 7.11 Å². The van der Waals surface area contributed by atoms with Crippen LogP contribution in [0.4, 0.5) is 0 Å². The molecule has 0 radical (unpaired) electrons. The third-order valence-corrected chi connectivity index (χ3v) is 4.32. The molecule has 1 amide bonds. The van der Waals surface area contributed by atoms with Crippen LogP contribution in [0.3, 0.4) is 0 Å². The maximum absolute atomic E-state index is 12.1. The zero-order valence-corrected chi connectivity index (χ0v) is 12.7. The fourth-order valence-electron chi connectivity index (χ4n) is 2.93. The Morgan fingerprint density at radius 3 is 2.48 bits per heavy atom. The van der Waals surface area contributed by atoms with Gasteiger partial charge in [-0.3, -0.25) is 9.59 Å². The average molecular weight is 289 g/mol. The summed E-state index contributed by atoms with van der Waals surface area (Å²) in [5.41, 5.74) is 1.73. The standard InChI is InChI=1S/C17H23NO3/c1-12-5-3-4-6-15(12)16(19)18-11-13-7-9-14(10-8-13)17(20)21-2/h3-6,13-14H,7-11H2,1-2H3,(H,18,19). The number of amides is 1. The Morgan fingerprint density at radius 1 is 1.19 bits per heavy atom. The molecule has 21 heavy (non-hydrogen) atoms. The van der Waals surface area contributed by atoms with Gasteiger partial charge in [-0.25, -0.2) is 0 Å². The summed E-state index contributed by atoms with van der Waals surface area (Å²) in [4.78, 5) is 23.6. The second-order valence-corrected chi connectivity index (χ2v) is 5.77. The van der Waals surface area contributed by atoms with Crippen LogP contribution in [0.5, 0.6) is 0 Å². The van der Waals surface area contributed by atoms with E-state index in [2.05, 4.69) is 5.32 Å². The summed E-state index contributed by atoms with van der Waals surface area (Å²) < 4.78 is 4.79. The molecular formula is C17H23NO3. The van der Waals surface area contributed by atoms with Gasteiger partial charge in [-0.1, -0.05) is 18.2 Å². The van der Waals surface area contributed by atoms with Crippen LogP contribution in [0, 0.1) is 18.8 Å². The molecule has 1 aromatic rings. The molecule has 0 bridgehead atoms. The monoisotopic (exact) mass is 289 g/mol. The first-order valence-electron chi connectivity index (χ1n) is 7.53. The lowest BCUT2D eigenvalue weighted by molar-refractivity contribution is -0.146. The fraction of sp³-hybridized carbons (Fsp3) is 0.529. The molecule has 1 aromatic carbocycles. The van der Waals surface area contributed by atoms with Gasteiger partial charge in [0, 0.05) is 12.1 Å². The largest absolute Gasteiger partial charge is 0.469 e. The van der Waals surface area contributed by atoms with Gasteiger partial charge < -0.3 is 10.1 Å². The zero-order chi connectivity index (χ0) is 15.2. The van der Waals surface area contributed by atoms with E-state index < -0.39 is 0 Å². The maximum Gasteiger partial charge on any atom is 0.308 e. The lowest BCUT2D eigenvalue weighted by Crippen LogP contribution is -2.33. The van der Waals surface area contributed by atoms with E-state index in [9.17, 15) is 9.59 Å². The molecule has 0 saturated heterocycles. The highest BCUT2D eigenvalue weighted by Crippen LogP contribution is 2.29. The number of carbonyl (C=O) groups excluding carboxylic acids is 2. The molecule has 1 N–H and O–H groups in total. The van der Waals surface area contributed by atoms with Gasteiger partial charge in [-0.2, -0.15) is 0 Å². The minimum absolute atomic E-state index is 0.0109. The lowest BCUT2D eigenvalue weighted by atomic mass is 9.82. The van der Waals surface area contributed by atoms with Gasteiger partial charge in [0.1, 0.15) is 0 Å². The van der Waals surface area contributed by atoms with Crippen LogP contribution in [-0.4, -0.2) is 25.5 Å². The molecule has 0 atom stereocenters. The van der Waals surface area contributed by atoms with Gasteiger partial charge in [0.15, 0.2) is 0 Å². The first-order valence-corrected chi connectivity index (χ1v) is 7.53. The van der Waals surface area contributed by atoms with Crippen LogP contribution in [0.15, 0.2) is 24.3 Å². The van der Waals surface area contributed by atoms with Crippen LogP contribution in [-0.2, 0) is 9.53 Å². The highest BCUT2D eigenvalue weighted by atomic mass is 16.5. The van der Waals surface area contributed by atoms with Gasteiger partial charge in [0.25, 0.3) is 5.91 Å². The van der Waals surface area contributed by atoms with Crippen molar-refractivity contribution < 1.29 is 14.3 Å². The molecular weight excluding hydrogens is 266 g/mol. The number of ether oxygens (including phenoxy) is 1. The molecule has 0 heterocycles. The number of carbonyl (C=O) groups is 2. The highest BCUT2D eigenvalue weighted by molar-refractivity contribution is 5.95. The third-order valence-electron chi connectivity index (χ3n) is 4.32. The second kappa shape index (κ2) is 7.25. The summed E-state index contributed by atoms with van der Waals surface area (Å²) in [6.45, 7) is 2.62. The van der Waals surface area contributed by atoms with Crippen LogP contribution >= 0.6 is 0 Å². The molecule has 1 fully saturated rings. The number of nitrogens with one attached hydrogen (secondary N) is 1. The fourth-order valence-corrected chi connectivity index (χ4v) is 2.93. The second-order valence-electron chi connectivity index (χ2n) is 5.77. The molecule has 0 unspecified atom stereocenters. The van der Waals surface area contributed by atoms with Crippen LogP contribution < -0.4 is 5.32 Å². The minimum Gasteiger partial charge on any atom is -0.469 e. The van der Waals surface area contributed by atoms with E-state index in [0.29, 0.717) is 12.5 Å². The average Bonchev–Trinajstić information content (AvgIpc) is 2.52. The van der Waals surface area contributed by atoms with E-state index in [4.69, 9.17) is 4.74 Å². The number of aryl methyl sites for hydroxylation is 1. The van der Waals surface area contributed by atoms with Crippen molar-refractivity contribution in [3.05, 3.63) is 35.4 Å². The maximum atomic E-state index is 12.1. The lowest BCUT2D eigenvalue weighted by Gasteiger charge is -2.27. The number of hydrogen-bond donors (Lipinski definition) is 1. The zero-order valence-electron chi connectivity index (χ0n) is 12.7. The van der Waals surface area contributed by atoms with Crippen molar-refractivity contribution in [2.75, 3.05) is 13.7 Å². The third kappa shape index (κ3) is 4.06. The van der Waals surface area contributed by atoms with Gasteiger partial charge in [-0.05, 0) is 50.2 Å². The summed E-state index contributed by atoms with van der Waals surface area (Å²) in [6.07, 6.45) is 3.65. The number of esters is 1. The number of methoxy groups -OCH3 is 1. The molecule has 1 aliphatic rings. The molecule has 114 valence electrons. The molecule has 1 saturated carbocycles. The number of hydrogen-bond acceptors (Lipinski definition) is 3. The van der Waals surface area contributed by atoms with Crippen molar-refractivity contribution in [2.24, 2.45) is 11.8 Å². The van der Waals surface area contributed by atoms with Crippen molar-refractivity contribution in [2.45, 2.75) is 32.6 Å². The van der Waals surface area contributed by atoms with Crippen molar-refractivity contribution in [3.8, 4) is 0 Å². The summed E-state index contributed by atoms with van der Waals surface area (Å²) in [6, 6.07) is 7.60. The number of benzene rings is 1. The van der Waals surface area contributed by atoms with Crippen molar-refractivity contribution >= 4 is 11.9 Å². The van der Waals surface area contributed by atoms with Crippen LogP contribution in [0.25, 0.3) is 0 Å². The predicted molar refractivity (Wildman–Crippen MR) is 81.0 cm³/mol. The van der Waals surface area contributed by atoms with Crippen molar-refractivity contribution in [1.82, 2.24) is 5.32 Å². The van der Waals surface area contributed by atoms with Gasteiger partial charge >= 0.3 is 5.97 Å². The molecule has 4 heteroatoms.